The molecule has 0 spiro atoms. The number of carbonyl (C=O) groups is 2. The lowest BCUT2D eigenvalue weighted by molar-refractivity contribution is -0.144. The van der Waals surface area contributed by atoms with E-state index in [0.29, 0.717) is 19.2 Å². The molecule has 21 heavy (non-hydrogen) atoms. The maximum Gasteiger partial charge on any atom is 0.248 e. The second-order valence-electron chi connectivity index (χ2n) is 6.94. The highest BCUT2D eigenvalue weighted by molar-refractivity contribution is 5.79. The van der Waals surface area contributed by atoms with Crippen LogP contribution in [0.4, 0.5) is 0 Å². The van der Waals surface area contributed by atoms with Crippen molar-refractivity contribution in [2.75, 3.05) is 19.8 Å². The van der Waals surface area contributed by atoms with Crippen molar-refractivity contribution in [1.82, 2.24) is 9.80 Å². The summed E-state index contributed by atoms with van der Waals surface area (Å²) in [4.78, 5) is 28.7. The van der Waals surface area contributed by atoms with Crippen molar-refractivity contribution in [3.63, 3.8) is 0 Å². The average Bonchev–Trinajstić information content (AvgIpc) is 2.73. The van der Waals surface area contributed by atoms with Crippen molar-refractivity contribution in [3.8, 4) is 0 Å². The van der Waals surface area contributed by atoms with Crippen LogP contribution in [0.25, 0.3) is 0 Å². The lowest BCUT2D eigenvalue weighted by atomic mass is 9.66. The van der Waals surface area contributed by atoms with Crippen LogP contribution in [0.3, 0.4) is 0 Å². The van der Waals surface area contributed by atoms with Gasteiger partial charge in [-0.05, 0) is 32.6 Å². The Morgan fingerprint density at radius 3 is 2.67 bits per heavy atom. The number of carbonyl (C=O) groups excluding carboxylic acids is 2. The Morgan fingerprint density at radius 2 is 2.00 bits per heavy atom. The normalized spacial score (nSPS) is 37.8. The third kappa shape index (κ3) is 2.17. The Morgan fingerprint density at radius 1 is 1.29 bits per heavy atom. The lowest BCUT2D eigenvalue weighted by Crippen LogP contribution is -2.58. The van der Waals surface area contributed by atoms with Gasteiger partial charge >= 0.3 is 0 Å². The van der Waals surface area contributed by atoms with E-state index in [1.807, 2.05) is 11.8 Å². The molecule has 1 saturated carbocycles. The van der Waals surface area contributed by atoms with Gasteiger partial charge in [0.05, 0.1) is 6.04 Å². The van der Waals surface area contributed by atoms with Crippen LogP contribution < -0.4 is 0 Å². The summed E-state index contributed by atoms with van der Waals surface area (Å²) < 4.78 is 5.31. The fraction of sp³-hybridized carbons (Fsp3) is 0.875. The summed E-state index contributed by atoms with van der Waals surface area (Å²) in [6.45, 7) is 7.26. The number of ether oxygens (including phenoxy) is 1. The molecule has 4 atom stereocenters. The third-order valence-corrected chi connectivity index (χ3v) is 5.78. The van der Waals surface area contributed by atoms with Gasteiger partial charge in [-0.1, -0.05) is 6.92 Å². The first kappa shape index (κ1) is 14.8. The Labute approximate surface area is 126 Å². The van der Waals surface area contributed by atoms with Gasteiger partial charge in [0.1, 0.15) is 6.61 Å². The molecule has 0 unspecified atom stereocenters. The molecular formula is C16H26N2O3. The average molecular weight is 294 g/mol. The molecule has 118 valence electrons. The zero-order chi connectivity index (χ0) is 15.2. The number of likely N-dealkylation sites (tertiary alicyclic amines) is 2. The van der Waals surface area contributed by atoms with Gasteiger partial charge in [-0.15, -0.1) is 0 Å². The molecule has 5 heteroatoms. The van der Waals surface area contributed by atoms with Crippen LogP contribution in [0.2, 0.25) is 0 Å². The minimum absolute atomic E-state index is 0.0642. The monoisotopic (exact) mass is 294 g/mol. The highest BCUT2D eigenvalue weighted by Gasteiger charge is 2.60. The molecular weight excluding hydrogens is 268 g/mol. The van der Waals surface area contributed by atoms with Gasteiger partial charge in [0.15, 0.2) is 0 Å². The molecule has 3 fully saturated rings. The van der Waals surface area contributed by atoms with Gasteiger partial charge in [0, 0.05) is 37.6 Å². The first-order chi connectivity index (χ1) is 9.99. The summed E-state index contributed by atoms with van der Waals surface area (Å²) in [7, 11) is 0. The Hall–Kier alpha value is -1.10. The lowest BCUT2D eigenvalue weighted by Gasteiger charge is -2.49. The van der Waals surface area contributed by atoms with Gasteiger partial charge < -0.3 is 14.5 Å². The van der Waals surface area contributed by atoms with Gasteiger partial charge in [-0.2, -0.15) is 0 Å². The zero-order valence-corrected chi connectivity index (χ0v) is 13.3. The minimum atomic E-state index is 0.0642. The number of hydrogen-bond donors (Lipinski definition) is 0. The van der Waals surface area contributed by atoms with Crippen molar-refractivity contribution in [3.05, 3.63) is 0 Å². The molecule has 2 bridgehead atoms. The number of fused-ring (bicyclic) bond motifs is 1. The van der Waals surface area contributed by atoms with Crippen LogP contribution in [0, 0.1) is 5.41 Å². The number of piperidine rings is 1. The van der Waals surface area contributed by atoms with Gasteiger partial charge in [0.2, 0.25) is 11.8 Å². The zero-order valence-electron chi connectivity index (χ0n) is 13.3. The van der Waals surface area contributed by atoms with E-state index in [1.165, 1.54) is 0 Å². The van der Waals surface area contributed by atoms with Crippen LogP contribution in [0.15, 0.2) is 0 Å². The van der Waals surface area contributed by atoms with Crippen LogP contribution in [-0.2, 0) is 14.3 Å². The SMILES string of the molecule is CCOCC(=O)N1C[C@@H]2C[C@@]3(C)[C@H](CCC[C@@H]13)N2C(C)=O. The van der Waals surface area contributed by atoms with Crippen molar-refractivity contribution < 1.29 is 14.3 Å². The Balaban J connectivity index is 1.88. The van der Waals surface area contributed by atoms with E-state index in [4.69, 9.17) is 4.74 Å². The standard InChI is InChI=1S/C16H26N2O3/c1-4-21-10-15(20)17-9-12-8-16(3)13(17)6-5-7-14(16)18(12)11(2)19/h12-14H,4-10H2,1-3H3/t12-,13+,14-,16+/m0/s1. The van der Waals surface area contributed by atoms with E-state index in [1.54, 1.807) is 6.92 Å². The molecule has 3 aliphatic rings. The first-order valence-electron chi connectivity index (χ1n) is 8.15. The second kappa shape index (κ2) is 5.27. The molecule has 5 nitrogen and oxygen atoms in total. The fourth-order valence-electron chi connectivity index (χ4n) is 5.02. The van der Waals surface area contributed by atoms with E-state index in [-0.39, 0.29) is 35.9 Å². The number of nitrogens with zero attached hydrogens (tertiary/aromatic N) is 2. The maximum absolute atomic E-state index is 12.5. The molecule has 0 radical (unpaired) electrons. The number of amides is 2. The van der Waals surface area contributed by atoms with E-state index in [9.17, 15) is 9.59 Å². The minimum Gasteiger partial charge on any atom is -0.372 e. The van der Waals surface area contributed by atoms with Crippen LogP contribution in [-0.4, -0.2) is 59.5 Å². The highest BCUT2D eigenvalue weighted by Crippen LogP contribution is 2.54. The molecule has 2 saturated heterocycles. The summed E-state index contributed by atoms with van der Waals surface area (Å²) in [5.41, 5.74) is 0.0642. The molecule has 3 rings (SSSR count). The van der Waals surface area contributed by atoms with E-state index < -0.39 is 0 Å². The topological polar surface area (TPSA) is 49.9 Å². The van der Waals surface area contributed by atoms with E-state index >= 15 is 0 Å². The van der Waals surface area contributed by atoms with Gasteiger partial charge in [-0.25, -0.2) is 0 Å². The van der Waals surface area contributed by atoms with Crippen molar-refractivity contribution in [2.45, 2.75) is 64.6 Å². The van der Waals surface area contributed by atoms with Gasteiger partial charge in [-0.3, -0.25) is 9.59 Å². The molecule has 0 aromatic heterocycles. The summed E-state index contributed by atoms with van der Waals surface area (Å²) in [6.07, 6.45) is 4.28. The van der Waals surface area contributed by atoms with Crippen LogP contribution >= 0.6 is 0 Å². The first-order valence-corrected chi connectivity index (χ1v) is 8.15. The Bertz CT molecular complexity index is 453. The molecule has 2 aliphatic heterocycles. The molecule has 2 amide bonds. The van der Waals surface area contributed by atoms with E-state index in [2.05, 4.69) is 11.8 Å². The van der Waals surface area contributed by atoms with Gasteiger partial charge in [0.25, 0.3) is 0 Å². The smallest absolute Gasteiger partial charge is 0.248 e. The second-order valence-corrected chi connectivity index (χ2v) is 6.94. The molecule has 1 aliphatic carbocycles. The third-order valence-electron chi connectivity index (χ3n) is 5.78. The quantitative estimate of drug-likeness (QED) is 0.791. The summed E-state index contributed by atoms with van der Waals surface area (Å²) in [6, 6.07) is 0.769. The molecule has 0 N–H and O–H groups in total. The largest absolute Gasteiger partial charge is 0.372 e. The number of hydrogen-bond acceptors (Lipinski definition) is 3. The predicted octanol–water partition coefficient (Wildman–Crippen LogP) is 1.41. The van der Waals surface area contributed by atoms with Crippen molar-refractivity contribution >= 4 is 11.8 Å². The highest BCUT2D eigenvalue weighted by atomic mass is 16.5. The van der Waals surface area contributed by atoms with Crippen LogP contribution in [0.1, 0.15) is 46.5 Å². The molecule has 0 aromatic carbocycles. The molecule has 0 aromatic rings. The van der Waals surface area contributed by atoms with E-state index in [0.717, 1.165) is 25.7 Å². The number of rotatable bonds is 3. The van der Waals surface area contributed by atoms with Crippen LogP contribution in [0.5, 0.6) is 0 Å². The maximum atomic E-state index is 12.5. The summed E-state index contributed by atoms with van der Waals surface area (Å²) in [5, 5.41) is 0. The summed E-state index contributed by atoms with van der Waals surface area (Å²) in [5.74, 6) is 0.248. The van der Waals surface area contributed by atoms with Crippen molar-refractivity contribution in [2.24, 2.45) is 5.41 Å². The van der Waals surface area contributed by atoms with Crippen molar-refractivity contribution in [1.29, 1.82) is 0 Å². The molecule has 2 heterocycles. The predicted molar refractivity (Wildman–Crippen MR) is 78.7 cm³/mol. The summed E-state index contributed by atoms with van der Waals surface area (Å²) >= 11 is 0. The Kier molecular flexibility index (Phi) is 3.72. The fourth-order valence-corrected chi connectivity index (χ4v) is 5.02.